The molecule has 2 aromatic carbocycles. The van der Waals surface area contributed by atoms with Gasteiger partial charge in [0.05, 0.1) is 11.5 Å². The van der Waals surface area contributed by atoms with Crippen LogP contribution in [-0.4, -0.2) is 35.1 Å². The van der Waals surface area contributed by atoms with Gasteiger partial charge in [0.15, 0.2) is 0 Å². The van der Waals surface area contributed by atoms with Gasteiger partial charge in [0.1, 0.15) is 0 Å². The van der Waals surface area contributed by atoms with Gasteiger partial charge in [-0.25, -0.2) is 0 Å². The van der Waals surface area contributed by atoms with Gasteiger partial charge in [-0.15, -0.1) is 0 Å². The highest BCUT2D eigenvalue weighted by Crippen LogP contribution is 2.50. The van der Waals surface area contributed by atoms with Crippen LogP contribution in [0.1, 0.15) is 29.9 Å². The van der Waals surface area contributed by atoms with E-state index in [4.69, 9.17) is 11.6 Å². The van der Waals surface area contributed by atoms with Gasteiger partial charge in [-0.2, -0.15) is 0 Å². The Morgan fingerprint density at radius 3 is 2.33 bits per heavy atom. The normalized spacial score (nSPS) is 24.8. The third-order valence-electron chi connectivity index (χ3n) is 5.36. The molecule has 0 bridgehead atoms. The van der Waals surface area contributed by atoms with E-state index in [2.05, 4.69) is 0 Å². The highest BCUT2D eigenvalue weighted by molar-refractivity contribution is 6.30. The van der Waals surface area contributed by atoms with E-state index in [1.54, 1.807) is 0 Å². The summed E-state index contributed by atoms with van der Waals surface area (Å²) >= 11 is 5.97. The number of aliphatic hydroxyl groups is 1. The van der Waals surface area contributed by atoms with E-state index in [1.807, 2.05) is 59.5 Å². The van der Waals surface area contributed by atoms with Gasteiger partial charge < -0.3 is 10.0 Å². The number of hydrogen-bond acceptors (Lipinski definition) is 2. The highest BCUT2D eigenvalue weighted by Gasteiger charge is 2.54. The Bertz CT molecular complexity index is 740. The lowest BCUT2D eigenvalue weighted by molar-refractivity contribution is -0.133. The molecule has 0 spiro atoms. The first-order valence-corrected chi connectivity index (χ1v) is 8.76. The van der Waals surface area contributed by atoms with E-state index in [-0.39, 0.29) is 11.8 Å². The van der Waals surface area contributed by atoms with Crippen molar-refractivity contribution in [2.45, 2.75) is 30.3 Å². The summed E-state index contributed by atoms with van der Waals surface area (Å²) in [5, 5.41) is 11.1. The number of rotatable bonds is 3. The van der Waals surface area contributed by atoms with Crippen molar-refractivity contribution in [2.75, 3.05) is 13.1 Å². The lowest BCUT2D eigenvalue weighted by Crippen LogP contribution is -2.38. The van der Waals surface area contributed by atoms with Crippen molar-refractivity contribution in [1.82, 2.24) is 4.90 Å². The number of aliphatic hydroxyl groups excluding tert-OH is 1. The molecule has 3 nitrogen and oxygen atoms in total. The second kappa shape index (κ2) is 5.91. The van der Waals surface area contributed by atoms with E-state index in [9.17, 15) is 9.90 Å². The van der Waals surface area contributed by atoms with Crippen molar-refractivity contribution < 1.29 is 9.90 Å². The lowest BCUT2D eigenvalue weighted by Gasteiger charge is -2.23. The van der Waals surface area contributed by atoms with Crippen LogP contribution < -0.4 is 0 Å². The van der Waals surface area contributed by atoms with Crippen molar-refractivity contribution >= 4 is 17.5 Å². The monoisotopic (exact) mass is 341 g/mol. The molecule has 2 fully saturated rings. The quantitative estimate of drug-likeness (QED) is 0.930. The second-order valence-electron chi connectivity index (χ2n) is 6.88. The molecule has 124 valence electrons. The molecule has 1 saturated heterocycles. The maximum atomic E-state index is 13.1. The fourth-order valence-electron chi connectivity index (χ4n) is 3.80. The summed E-state index contributed by atoms with van der Waals surface area (Å²) < 4.78 is 0. The fourth-order valence-corrected chi connectivity index (χ4v) is 3.93. The SMILES string of the molecule is O=C(N1CC(O)C(c2ccccc2)C1)C1(c2ccc(Cl)cc2)CC1. The van der Waals surface area contributed by atoms with Gasteiger partial charge >= 0.3 is 0 Å². The van der Waals surface area contributed by atoms with Crippen LogP contribution in [-0.2, 0) is 10.2 Å². The smallest absolute Gasteiger partial charge is 0.233 e. The number of benzene rings is 2. The zero-order valence-electron chi connectivity index (χ0n) is 13.4. The van der Waals surface area contributed by atoms with Gasteiger partial charge in [-0.05, 0) is 36.1 Å². The van der Waals surface area contributed by atoms with Crippen LogP contribution in [0.25, 0.3) is 0 Å². The Morgan fingerprint density at radius 1 is 1.04 bits per heavy atom. The summed E-state index contributed by atoms with van der Waals surface area (Å²) in [4.78, 5) is 15.0. The first-order chi connectivity index (χ1) is 11.6. The second-order valence-corrected chi connectivity index (χ2v) is 7.32. The Kier molecular flexibility index (Phi) is 3.86. The molecule has 4 rings (SSSR count). The molecule has 4 heteroatoms. The molecular weight excluding hydrogens is 322 g/mol. The van der Waals surface area contributed by atoms with Crippen molar-refractivity contribution in [2.24, 2.45) is 0 Å². The van der Waals surface area contributed by atoms with Crippen LogP contribution >= 0.6 is 11.6 Å². The standard InChI is InChI=1S/C20H20ClNO2/c21-16-8-6-15(7-9-16)20(10-11-20)19(24)22-12-17(18(23)13-22)14-4-2-1-3-5-14/h1-9,17-18,23H,10-13H2. The number of amides is 1. The summed E-state index contributed by atoms with van der Waals surface area (Å²) in [6.07, 6.45) is 1.24. The largest absolute Gasteiger partial charge is 0.391 e. The number of β-amino-alcohol motifs (C(OH)–C–C–N with tert-alkyl or cyclic N) is 1. The number of likely N-dealkylation sites (tertiary alicyclic amines) is 1. The summed E-state index contributed by atoms with van der Waals surface area (Å²) in [5.41, 5.74) is 1.72. The molecule has 2 unspecified atom stereocenters. The summed E-state index contributed by atoms with van der Waals surface area (Å²) in [7, 11) is 0. The Morgan fingerprint density at radius 2 is 1.71 bits per heavy atom. The average molecular weight is 342 g/mol. The van der Waals surface area contributed by atoms with Gasteiger partial charge in [0, 0.05) is 24.0 Å². The molecule has 0 aromatic heterocycles. The number of carbonyl (C=O) groups excluding carboxylic acids is 1. The first kappa shape index (κ1) is 15.7. The first-order valence-electron chi connectivity index (χ1n) is 8.39. The Balaban J connectivity index is 1.54. The maximum absolute atomic E-state index is 13.1. The minimum absolute atomic E-state index is 0.00355. The lowest BCUT2D eigenvalue weighted by atomic mass is 9.94. The van der Waals surface area contributed by atoms with Crippen LogP contribution in [0.3, 0.4) is 0 Å². The van der Waals surface area contributed by atoms with Crippen LogP contribution in [0.4, 0.5) is 0 Å². The molecule has 2 atom stereocenters. The van der Waals surface area contributed by atoms with Crippen molar-refractivity contribution in [3.63, 3.8) is 0 Å². The van der Waals surface area contributed by atoms with Gasteiger partial charge in [-0.3, -0.25) is 4.79 Å². The number of carbonyl (C=O) groups is 1. The maximum Gasteiger partial charge on any atom is 0.233 e. The molecule has 0 radical (unpaired) electrons. The van der Waals surface area contributed by atoms with Crippen LogP contribution in [0, 0.1) is 0 Å². The fraction of sp³-hybridized carbons (Fsp3) is 0.350. The molecule has 1 aliphatic carbocycles. The third kappa shape index (κ3) is 2.62. The number of hydrogen-bond donors (Lipinski definition) is 1. The summed E-state index contributed by atoms with van der Waals surface area (Å²) in [5.74, 6) is 0.137. The molecule has 1 saturated carbocycles. The topological polar surface area (TPSA) is 40.5 Å². The molecule has 24 heavy (non-hydrogen) atoms. The van der Waals surface area contributed by atoms with E-state index < -0.39 is 11.5 Å². The van der Waals surface area contributed by atoms with E-state index in [0.29, 0.717) is 18.1 Å². The predicted octanol–water partition coefficient (Wildman–Crippen LogP) is 3.36. The van der Waals surface area contributed by atoms with Crippen LogP contribution in [0.2, 0.25) is 5.02 Å². The predicted molar refractivity (Wildman–Crippen MR) is 94.1 cm³/mol. The molecule has 1 N–H and O–H groups in total. The Hall–Kier alpha value is -1.84. The van der Waals surface area contributed by atoms with Crippen molar-refractivity contribution in [3.8, 4) is 0 Å². The zero-order valence-corrected chi connectivity index (χ0v) is 14.1. The minimum Gasteiger partial charge on any atom is -0.391 e. The summed E-state index contributed by atoms with van der Waals surface area (Å²) in [6, 6.07) is 17.6. The van der Waals surface area contributed by atoms with E-state index >= 15 is 0 Å². The van der Waals surface area contributed by atoms with E-state index in [0.717, 1.165) is 24.0 Å². The minimum atomic E-state index is -0.502. The molecule has 2 aliphatic rings. The van der Waals surface area contributed by atoms with Gasteiger partial charge in [0.2, 0.25) is 5.91 Å². The molecule has 1 heterocycles. The molecular formula is C20H20ClNO2. The molecule has 1 aliphatic heterocycles. The van der Waals surface area contributed by atoms with Crippen LogP contribution in [0.5, 0.6) is 0 Å². The van der Waals surface area contributed by atoms with Crippen molar-refractivity contribution in [1.29, 1.82) is 0 Å². The highest BCUT2D eigenvalue weighted by atomic mass is 35.5. The zero-order chi connectivity index (χ0) is 16.7. The number of nitrogens with zero attached hydrogens (tertiary/aromatic N) is 1. The molecule has 1 amide bonds. The molecule has 2 aromatic rings. The van der Waals surface area contributed by atoms with Crippen molar-refractivity contribution in [3.05, 3.63) is 70.7 Å². The number of halogens is 1. The van der Waals surface area contributed by atoms with Crippen LogP contribution in [0.15, 0.2) is 54.6 Å². The Labute approximate surface area is 146 Å². The van der Waals surface area contributed by atoms with Gasteiger partial charge in [0.25, 0.3) is 0 Å². The van der Waals surface area contributed by atoms with Gasteiger partial charge in [-0.1, -0.05) is 54.1 Å². The average Bonchev–Trinajstić information content (AvgIpc) is 3.32. The van der Waals surface area contributed by atoms with E-state index in [1.165, 1.54) is 0 Å². The summed E-state index contributed by atoms with van der Waals surface area (Å²) in [6.45, 7) is 0.993. The third-order valence-corrected chi connectivity index (χ3v) is 5.61.